The van der Waals surface area contributed by atoms with Gasteiger partial charge in [-0.2, -0.15) is 0 Å². The number of carbonyl (C=O) groups is 1. The molecular formula is C12H16ClN3O4. The minimum Gasteiger partial charge on any atom is -0.388 e. The van der Waals surface area contributed by atoms with Crippen LogP contribution in [-0.4, -0.2) is 33.1 Å². The van der Waals surface area contributed by atoms with Gasteiger partial charge < -0.3 is 10.4 Å². The third-order valence-electron chi connectivity index (χ3n) is 2.71. The first-order valence-corrected chi connectivity index (χ1v) is 6.45. The maximum atomic E-state index is 12.0. The fourth-order valence-corrected chi connectivity index (χ4v) is 1.90. The molecule has 0 saturated carbocycles. The van der Waals surface area contributed by atoms with Crippen LogP contribution in [-0.2, 0) is 0 Å². The maximum Gasteiger partial charge on any atom is 0.300 e. The lowest BCUT2D eigenvalue weighted by Gasteiger charge is -2.22. The molecule has 2 N–H and O–H groups in total. The van der Waals surface area contributed by atoms with Crippen molar-refractivity contribution in [1.82, 2.24) is 10.3 Å². The molecule has 0 aliphatic rings. The number of nitro groups is 1. The van der Waals surface area contributed by atoms with E-state index in [1.165, 1.54) is 0 Å². The van der Waals surface area contributed by atoms with Crippen LogP contribution in [0, 0.1) is 10.1 Å². The van der Waals surface area contributed by atoms with Gasteiger partial charge in [0.15, 0.2) is 0 Å². The van der Waals surface area contributed by atoms with Gasteiger partial charge in [0.2, 0.25) is 0 Å². The summed E-state index contributed by atoms with van der Waals surface area (Å²) in [6.07, 6.45) is 2.19. The van der Waals surface area contributed by atoms with E-state index >= 15 is 0 Å². The van der Waals surface area contributed by atoms with Crippen molar-refractivity contribution in [1.29, 1.82) is 0 Å². The molecule has 8 heteroatoms. The highest BCUT2D eigenvalue weighted by molar-refractivity contribution is 6.29. The summed E-state index contributed by atoms with van der Waals surface area (Å²) in [4.78, 5) is 25.7. The zero-order valence-electron chi connectivity index (χ0n) is 11.2. The van der Waals surface area contributed by atoms with Gasteiger partial charge in [0.05, 0.1) is 10.5 Å². The number of amides is 1. The van der Waals surface area contributed by atoms with Gasteiger partial charge in [-0.25, -0.2) is 4.98 Å². The van der Waals surface area contributed by atoms with Crippen molar-refractivity contribution in [2.75, 3.05) is 6.54 Å². The molecule has 1 unspecified atom stereocenters. The van der Waals surface area contributed by atoms with Crippen LogP contribution in [0.2, 0.25) is 5.15 Å². The summed E-state index contributed by atoms with van der Waals surface area (Å²) in [5.41, 5.74) is -1.67. The van der Waals surface area contributed by atoms with E-state index < -0.39 is 22.1 Å². The fourth-order valence-electron chi connectivity index (χ4n) is 1.74. The van der Waals surface area contributed by atoms with E-state index in [0.29, 0.717) is 6.42 Å². The zero-order valence-corrected chi connectivity index (χ0v) is 12.0. The minimum absolute atomic E-state index is 0.00320. The van der Waals surface area contributed by atoms with Crippen molar-refractivity contribution in [2.24, 2.45) is 0 Å². The largest absolute Gasteiger partial charge is 0.388 e. The van der Waals surface area contributed by atoms with Crippen molar-refractivity contribution in [3.8, 4) is 0 Å². The molecule has 110 valence electrons. The maximum absolute atomic E-state index is 12.0. The standard InChI is InChI=1S/C12H16ClN3O4/c1-3-4-12(2,18)7-15-11(17)8-5-10(13)14-6-9(8)16(19)20/h5-6,18H,3-4,7H2,1-2H3,(H,15,17). The quantitative estimate of drug-likeness (QED) is 0.474. The molecule has 1 aromatic rings. The lowest BCUT2D eigenvalue weighted by Crippen LogP contribution is -2.40. The second kappa shape index (κ2) is 6.62. The SMILES string of the molecule is CCCC(C)(O)CNC(=O)c1cc(Cl)ncc1[N+](=O)[O-]. The van der Waals surface area contributed by atoms with Crippen molar-refractivity contribution in [2.45, 2.75) is 32.3 Å². The van der Waals surface area contributed by atoms with Crippen LogP contribution in [0.3, 0.4) is 0 Å². The van der Waals surface area contributed by atoms with E-state index in [0.717, 1.165) is 18.7 Å². The van der Waals surface area contributed by atoms with Gasteiger partial charge in [0, 0.05) is 6.54 Å². The third kappa shape index (κ3) is 4.43. The van der Waals surface area contributed by atoms with Crippen LogP contribution in [0.1, 0.15) is 37.0 Å². The Morgan fingerprint density at radius 2 is 2.30 bits per heavy atom. The molecule has 0 radical (unpaired) electrons. The first-order valence-electron chi connectivity index (χ1n) is 6.07. The van der Waals surface area contributed by atoms with Crippen LogP contribution in [0.5, 0.6) is 0 Å². The van der Waals surface area contributed by atoms with Crippen molar-refractivity contribution in [3.05, 3.63) is 33.1 Å². The Bertz CT molecular complexity index is 519. The summed E-state index contributed by atoms with van der Waals surface area (Å²) in [5.74, 6) is -0.669. The predicted molar refractivity (Wildman–Crippen MR) is 73.8 cm³/mol. The van der Waals surface area contributed by atoms with E-state index in [2.05, 4.69) is 10.3 Å². The molecule has 0 aliphatic carbocycles. The first-order chi connectivity index (χ1) is 9.26. The normalized spacial score (nSPS) is 13.6. The number of aliphatic hydroxyl groups is 1. The highest BCUT2D eigenvalue weighted by Gasteiger charge is 2.24. The Morgan fingerprint density at radius 3 is 2.85 bits per heavy atom. The van der Waals surface area contributed by atoms with Crippen molar-refractivity contribution >= 4 is 23.2 Å². The number of hydrogen-bond acceptors (Lipinski definition) is 5. The number of hydrogen-bond donors (Lipinski definition) is 2. The number of pyridine rings is 1. The first kappa shape index (κ1) is 16.3. The molecule has 7 nitrogen and oxygen atoms in total. The Labute approximate surface area is 121 Å². The summed E-state index contributed by atoms with van der Waals surface area (Å²) in [6.45, 7) is 3.49. The Morgan fingerprint density at radius 1 is 1.65 bits per heavy atom. The molecule has 0 fully saturated rings. The molecule has 1 heterocycles. The van der Waals surface area contributed by atoms with Crippen LogP contribution >= 0.6 is 11.6 Å². The van der Waals surface area contributed by atoms with Crippen molar-refractivity contribution < 1.29 is 14.8 Å². The van der Waals surface area contributed by atoms with Gasteiger partial charge in [0.1, 0.15) is 16.9 Å². The molecule has 1 rings (SSSR count). The Hall–Kier alpha value is -1.73. The van der Waals surface area contributed by atoms with Gasteiger partial charge in [-0.15, -0.1) is 0 Å². The van der Waals surface area contributed by atoms with Crippen LogP contribution in [0.15, 0.2) is 12.3 Å². The van der Waals surface area contributed by atoms with E-state index in [4.69, 9.17) is 11.6 Å². The fraction of sp³-hybridized carbons (Fsp3) is 0.500. The zero-order chi connectivity index (χ0) is 15.3. The van der Waals surface area contributed by atoms with E-state index in [-0.39, 0.29) is 17.3 Å². The average Bonchev–Trinajstić information content (AvgIpc) is 2.35. The molecular weight excluding hydrogens is 286 g/mol. The number of nitrogens with one attached hydrogen (secondary N) is 1. The Balaban J connectivity index is 2.87. The summed E-state index contributed by atoms with van der Waals surface area (Å²) >= 11 is 5.64. The van der Waals surface area contributed by atoms with Crippen molar-refractivity contribution in [3.63, 3.8) is 0 Å². The van der Waals surface area contributed by atoms with Gasteiger partial charge in [0.25, 0.3) is 11.6 Å². The lowest BCUT2D eigenvalue weighted by atomic mass is 10.0. The highest BCUT2D eigenvalue weighted by atomic mass is 35.5. The smallest absolute Gasteiger partial charge is 0.300 e. The molecule has 0 spiro atoms. The van der Waals surface area contributed by atoms with E-state index in [9.17, 15) is 20.0 Å². The summed E-state index contributed by atoms with van der Waals surface area (Å²) < 4.78 is 0. The highest BCUT2D eigenvalue weighted by Crippen LogP contribution is 2.20. The van der Waals surface area contributed by atoms with Crippen LogP contribution < -0.4 is 5.32 Å². The molecule has 0 bridgehead atoms. The number of halogens is 1. The van der Waals surface area contributed by atoms with Gasteiger partial charge in [-0.3, -0.25) is 14.9 Å². The summed E-state index contributed by atoms with van der Waals surface area (Å²) in [5, 5.41) is 23.2. The summed E-state index contributed by atoms with van der Waals surface area (Å²) in [6, 6.07) is 1.13. The topological polar surface area (TPSA) is 105 Å². The van der Waals surface area contributed by atoms with Gasteiger partial charge >= 0.3 is 0 Å². The molecule has 20 heavy (non-hydrogen) atoms. The number of carbonyl (C=O) groups excluding carboxylic acids is 1. The second-order valence-corrected chi connectivity index (χ2v) is 5.10. The summed E-state index contributed by atoms with van der Waals surface area (Å²) in [7, 11) is 0. The number of nitrogens with zero attached hydrogens (tertiary/aromatic N) is 2. The molecule has 1 amide bonds. The molecule has 0 aromatic carbocycles. The molecule has 0 aliphatic heterocycles. The van der Waals surface area contributed by atoms with Gasteiger partial charge in [-0.05, 0) is 19.4 Å². The third-order valence-corrected chi connectivity index (χ3v) is 2.92. The van der Waals surface area contributed by atoms with Crippen LogP contribution in [0.4, 0.5) is 5.69 Å². The van der Waals surface area contributed by atoms with E-state index in [1.54, 1.807) is 6.92 Å². The minimum atomic E-state index is -1.06. The van der Waals surface area contributed by atoms with Crippen LogP contribution in [0.25, 0.3) is 0 Å². The number of aromatic nitrogens is 1. The van der Waals surface area contributed by atoms with Gasteiger partial charge in [-0.1, -0.05) is 24.9 Å². The molecule has 1 atom stereocenters. The number of rotatable bonds is 6. The molecule has 1 aromatic heterocycles. The molecule has 0 saturated heterocycles. The lowest BCUT2D eigenvalue weighted by molar-refractivity contribution is -0.385. The monoisotopic (exact) mass is 301 g/mol. The Kier molecular flexibility index (Phi) is 5.41. The predicted octanol–water partition coefficient (Wildman–Crippen LogP) is 1.92. The average molecular weight is 302 g/mol. The van der Waals surface area contributed by atoms with E-state index in [1.807, 2.05) is 6.92 Å². The second-order valence-electron chi connectivity index (χ2n) is 4.71.